The molecule has 5 aromatic carbocycles. The highest BCUT2D eigenvalue weighted by Gasteiger charge is 2.23. The zero-order valence-corrected chi connectivity index (χ0v) is 25.1. The fourth-order valence-corrected chi connectivity index (χ4v) is 6.89. The van der Waals surface area contributed by atoms with Crippen LogP contribution < -0.4 is 0 Å². The SMILES string of the molecule is [C-]#[N+]c1ccc2c3ccccc3n(-c3cc(C#N)cc(-n4c5ccccc5c5ccc(C#N)cc54)c3-c3cc(C)nc(C)c3)c2c1. The van der Waals surface area contributed by atoms with E-state index in [-0.39, 0.29) is 0 Å². The van der Waals surface area contributed by atoms with Crippen LogP contribution in [-0.2, 0) is 0 Å². The summed E-state index contributed by atoms with van der Waals surface area (Å²) in [5.74, 6) is 0. The molecular formula is C40H24N6. The van der Waals surface area contributed by atoms with E-state index in [1.54, 1.807) is 0 Å². The van der Waals surface area contributed by atoms with Crippen LogP contribution in [0.3, 0.4) is 0 Å². The van der Waals surface area contributed by atoms with Crippen LogP contribution >= 0.6 is 0 Å². The molecule has 46 heavy (non-hydrogen) atoms. The predicted molar refractivity (Wildman–Crippen MR) is 184 cm³/mol. The van der Waals surface area contributed by atoms with Crippen LogP contribution in [0, 0.1) is 43.1 Å². The highest BCUT2D eigenvalue weighted by atomic mass is 15.0. The lowest BCUT2D eigenvalue weighted by molar-refractivity contribution is 1.11. The first-order chi connectivity index (χ1) is 22.5. The number of para-hydroxylation sites is 2. The molecule has 0 bridgehead atoms. The van der Waals surface area contributed by atoms with E-state index in [1.165, 1.54) is 0 Å². The smallest absolute Gasteiger partial charge is 0.189 e. The largest absolute Gasteiger partial charge is 0.310 e. The molecule has 8 aromatic rings. The molecule has 0 fully saturated rings. The number of rotatable bonds is 3. The minimum atomic E-state index is 0.492. The van der Waals surface area contributed by atoms with E-state index in [2.05, 4.69) is 67.5 Å². The lowest BCUT2D eigenvalue weighted by Crippen LogP contribution is -2.05. The van der Waals surface area contributed by atoms with E-state index in [4.69, 9.17) is 6.57 Å². The highest BCUT2D eigenvalue weighted by Crippen LogP contribution is 2.43. The summed E-state index contributed by atoms with van der Waals surface area (Å²) >= 11 is 0. The Kier molecular flexibility index (Phi) is 5.97. The number of nitrogens with zero attached hydrogens (tertiary/aromatic N) is 6. The normalized spacial score (nSPS) is 11.2. The summed E-state index contributed by atoms with van der Waals surface area (Å²) in [4.78, 5) is 8.44. The third kappa shape index (κ3) is 3.97. The van der Waals surface area contributed by atoms with Crippen LogP contribution in [-0.4, -0.2) is 14.1 Å². The number of aryl methyl sites for hydroxylation is 2. The standard InChI is InChI=1S/C40H24N6/c1-24-16-28(17-25(2)44-24)40-38(45-34-10-6-4-8-30(34)32-14-12-26(22-41)18-36(32)45)19-27(23-42)20-39(40)46-35-11-7-5-9-31(35)33-15-13-29(43-3)21-37(33)46/h4-21H,1-2H3. The molecule has 0 aliphatic carbocycles. The van der Waals surface area contributed by atoms with E-state index >= 15 is 0 Å². The Bertz CT molecular complexity index is 2530. The van der Waals surface area contributed by atoms with Gasteiger partial charge in [0.15, 0.2) is 5.69 Å². The number of hydrogen-bond acceptors (Lipinski definition) is 3. The van der Waals surface area contributed by atoms with Gasteiger partial charge in [0.1, 0.15) is 0 Å². The van der Waals surface area contributed by atoms with Crippen molar-refractivity contribution in [3.8, 4) is 34.6 Å². The van der Waals surface area contributed by atoms with Gasteiger partial charge in [-0.1, -0.05) is 54.6 Å². The lowest BCUT2D eigenvalue weighted by Gasteiger charge is -2.21. The van der Waals surface area contributed by atoms with Gasteiger partial charge in [0.05, 0.1) is 57.8 Å². The molecule has 0 spiro atoms. The number of nitriles is 2. The van der Waals surface area contributed by atoms with Gasteiger partial charge in [-0.05, 0) is 74.0 Å². The third-order valence-corrected chi connectivity index (χ3v) is 8.67. The quantitative estimate of drug-likeness (QED) is 0.193. The molecule has 0 atom stereocenters. The Morgan fingerprint density at radius 3 is 1.67 bits per heavy atom. The second-order valence-corrected chi connectivity index (χ2v) is 11.5. The van der Waals surface area contributed by atoms with Crippen LogP contribution in [0.25, 0.3) is 71.0 Å². The van der Waals surface area contributed by atoms with Gasteiger partial charge >= 0.3 is 0 Å². The van der Waals surface area contributed by atoms with E-state index in [0.29, 0.717) is 16.8 Å². The van der Waals surface area contributed by atoms with Crippen molar-refractivity contribution in [2.24, 2.45) is 0 Å². The van der Waals surface area contributed by atoms with E-state index < -0.39 is 0 Å². The average molecular weight is 589 g/mol. The molecule has 0 aliphatic rings. The molecule has 6 heteroatoms. The van der Waals surface area contributed by atoms with E-state index in [9.17, 15) is 10.5 Å². The number of fused-ring (bicyclic) bond motifs is 6. The Balaban J connectivity index is 1.63. The molecular weight excluding hydrogens is 564 g/mol. The molecule has 3 aromatic heterocycles. The van der Waals surface area contributed by atoms with Gasteiger partial charge in [0.25, 0.3) is 0 Å². The van der Waals surface area contributed by atoms with Gasteiger partial charge in [-0.15, -0.1) is 0 Å². The number of aromatic nitrogens is 3. The van der Waals surface area contributed by atoms with Crippen molar-refractivity contribution < 1.29 is 0 Å². The molecule has 0 aliphatic heterocycles. The minimum absolute atomic E-state index is 0.492. The molecule has 214 valence electrons. The first-order valence-corrected chi connectivity index (χ1v) is 14.9. The molecule has 8 rings (SSSR count). The Morgan fingerprint density at radius 2 is 1.11 bits per heavy atom. The van der Waals surface area contributed by atoms with Crippen molar-refractivity contribution in [1.82, 2.24) is 14.1 Å². The molecule has 6 nitrogen and oxygen atoms in total. The van der Waals surface area contributed by atoms with Gasteiger partial charge in [-0.2, -0.15) is 10.5 Å². The zero-order chi connectivity index (χ0) is 31.5. The monoisotopic (exact) mass is 588 g/mol. The molecule has 0 saturated carbocycles. The number of pyridine rings is 1. The van der Waals surface area contributed by atoms with Gasteiger partial charge in [-0.3, -0.25) is 4.98 Å². The van der Waals surface area contributed by atoms with Gasteiger partial charge < -0.3 is 9.13 Å². The second kappa shape index (κ2) is 10.2. The van der Waals surface area contributed by atoms with Crippen molar-refractivity contribution in [2.45, 2.75) is 13.8 Å². The van der Waals surface area contributed by atoms with Crippen LogP contribution in [0.4, 0.5) is 5.69 Å². The van der Waals surface area contributed by atoms with Gasteiger partial charge in [0.2, 0.25) is 0 Å². The maximum Gasteiger partial charge on any atom is 0.189 e. The summed E-state index contributed by atoms with van der Waals surface area (Å²) < 4.78 is 4.35. The molecule has 0 N–H and O–H groups in total. The summed E-state index contributed by atoms with van der Waals surface area (Å²) in [6.45, 7) is 11.7. The van der Waals surface area contributed by atoms with Crippen LogP contribution in [0.1, 0.15) is 22.5 Å². The maximum absolute atomic E-state index is 10.5. The topological polar surface area (TPSA) is 74.7 Å². The molecule has 3 heterocycles. The third-order valence-electron chi connectivity index (χ3n) is 8.67. The fourth-order valence-electron chi connectivity index (χ4n) is 6.89. The van der Waals surface area contributed by atoms with Crippen LogP contribution in [0.2, 0.25) is 0 Å². The summed E-state index contributed by atoms with van der Waals surface area (Å²) in [6, 6.07) is 40.7. The lowest BCUT2D eigenvalue weighted by atomic mass is 9.97. The molecule has 0 unspecified atom stereocenters. The summed E-state index contributed by atoms with van der Waals surface area (Å²) in [7, 11) is 0. The van der Waals surface area contributed by atoms with Gasteiger partial charge in [-0.25, -0.2) is 4.85 Å². The molecule has 0 saturated heterocycles. The predicted octanol–water partition coefficient (Wildman–Crippen LogP) is 9.85. The first-order valence-electron chi connectivity index (χ1n) is 14.9. The second-order valence-electron chi connectivity index (χ2n) is 11.5. The zero-order valence-electron chi connectivity index (χ0n) is 25.1. The minimum Gasteiger partial charge on any atom is -0.310 e. The van der Waals surface area contributed by atoms with E-state index in [1.807, 2.05) is 86.6 Å². The highest BCUT2D eigenvalue weighted by molar-refractivity contribution is 6.12. The number of hydrogen-bond donors (Lipinski definition) is 0. The van der Waals surface area contributed by atoms with Crippen LogP contribution in [0.15, 0.2) is 109 Å². The summed E-state index contributed by atoms with van der Waals surface area (Å²) in [6.07, 6.45) is 0. The summed E-state index contributed by atoms with van der Waals surface area (Å²) in [5.41, 5.74) is 10.5. The first kappa shape index (κ1) is 26.9. The Hall–Kier alpha value is -6.68. The van der Waals surface area contributed by atoms with Gasteiger partial charge in [0, 0.05) is 44.0 Å². The number of benzene rings is 5. The Labute approximate surface area is 265 Å². The Morgan fingerprint density at radius 1 is 0.587 bits per heavy atom. The van der Waals surface area contributed by atoms with E-state index in [0.717, 1.165) is 77.5 Å². The van der Waals surface area contributed by atoms with Crippen molar-refractivity contribution >= 4 is 49.3 Å². The molecule has 0 amide bonds. The van der Waals surface area contributed by atoms with Crippen LogP contribution in [0.5, 0.6) is 0 Å². The van der Waals surface area contributed by atoms with Crippen molar-refractivity contribution in [3.05, 3.63) is 143 Å². The van der Waals surface area contributed by atoms with Crippen molar-refractivity contribution in [1.29, 1.82) is 10.5 Å². The average Bonchev–Trinajstić information content (AvgIpc) is 3.59. The summed E-state index contributed by atoms with van der Waals surface area (Å²) in [5, 5.41) is 24.5. The molecule has 0 radical (unpaired) electrons. The maximum atomic E-state index is 10.5. The van der Waals surface area contributed by atoms with Crippen molar-refractivity contribution in [2.75, 3.05) is 0 Å². The van der Waals surface area contributed by atoms with Crippen molar-refractivity contribution in [3.63, 3.8) is 0 Å². The fraction of sp³-hybridized carbons (Fsp3) is 0.0500.